The van der Waals surface area contributed by atoms with Crippen molar-refractivity contribution in [3.8, 4) is 0 Å². The average molecular weight is 255 g/mol. The molecule has 1 aromatic rings. The van der Waals surface area contributed by atoms with Gasteiger partial charge < -0.3 is 15.2 Å². The number of aliphatic hydroxyl groups is 1. The number of carbonyl (C=O) groups excluding carboxylic acids is 1. The molecular weight excluding hydrogens is 234 g/mol. The zero-order valence-electron chi connectivity index (χ0n) is 11.1. The summed E-state index contributed by atoms with van der Waals surface area (Å²) in [6.07, 6.45) is 0.483. The minimum absolute atomic E-state index is 0.0220. The summed E-state index contributed by atoms with van der Waals surface area (Å²) in [5.74, 6) is -0.128. The molecule has 0 aliphatic heterocycles. The van der Waals surface area contributed by atoms with Gasteiger partial charge in [-0.3, -0.25) is 9.48 Å². The molecule has 6 nitrogen and oxygen atoms in total. The second-order valence-electron chi connectivity index (χ2n) is 4.32. The van der Waals surface area contributed by atoms with Gasteiger partial charge in [-0.05, 0) is 26.3 Å². The van der Waals surface area contributed by atoms with E-state index in [2.05, 4.69) is 10.4 Å². The number of hydrogen-bond donors (Lipinski definition) is 2. The molecule has 0 aliphatic carbocycles. The second kappa shape index (κ2) is 7.13. The van der Waals surface area contributed by atoms with E-state index in [0.29, 0.717) is 13.0 Å². The number of aryl methyl sites for hydroxylation is 2. The van der Waals surface area contributed by atoms with Crippen LogP contribution in [0.1, 0.15) is 17.8 Å². The fourth-order valence-electron chi connectivity index (χ4n) is 1.80. The molecule has 6 heteroatoms. The molecule has 1 heterocycles. The molecule has 0 fully saturated rings. The van der Waals surface area contributed by atoms with Gasteiger partial charge in [0.05, 0.1) is 18.3 Å². The van der Waals surface area contributed by atoms with Gasteiger partial charge in [0.1, 0.15) is 6.54 Å². The zero-order valence-corrected chi connectivity index (χ0v) is 11.1. The van der Waals surface area contributed by atoms with Crippen LogP contribution in [0.3, 0.4) is 0 Å². The Balaban J connectivity index is 2.51. The van der Waals surface area contributed by atoms with Crippen molar-refractivity contribution in [2.45, 2.75) is 32.9 Å². The lowest BCUT2D eigenvalue weighted by Gasteiger charge is -2.17. The Morgan fingerprint density at radius 2 is 2.33 bits per heavy atom. The summed E-state index contributed by atoms with van der Waals surface area (Å²) < 4.78 is 6.65. The maximum Gasteiger partial charge on any atom is 0.242 e. The molecule has 0 radical (unpaired) electrons. The van der Waals surface area contributed by atoms with E-state index in [-0.39, 0.29) is 25.1 Å². The summed E-state index contributed by atoms with van der Waals surface area (Å²) in [5.41, 5.74) is 1.84. The molecule has 0 saturated heterocycles. The van der Waals surface area contributed by atoms with Crippen LogP contribution in [0.2, 0.25) is 0 Å². The Labute approximate surface area is 107 Å². The van der Waals surface area contributed by atoms with Crippen molar-refractivity contribution < 1.29 is 14.6 Å². The van der Waals surface area contributed by atoms with Crippen LogP contribution in [0, 0.1) is 13.8 Å². The topological polar surface area (TPSA) is 76.4 Å². The SMILES string of the molecule is COCC(CCO)NC(=O)Cn1nc(C)cc1C. The Bertz CT molecular complexity index is 384. The lowest BCUT2D eigenvalue weighted by atomic mass is 10.2. The zero-order chi connectivity index (χ0) is 13.5. The van der Waals surface area contributed by atoms with Crippen molar-refractivity contribution in [2.75, 3.05) is 20.3 Å². The number of hydrogen-bond acceptors (Lipinski definition) is 4. The van der Waals surface area contributed by atoms with Crippen molar-refractivity contribution >= 4 is 5.91 Å². The normalized spacial score (nSPS) is 12.4. The average Bonchev–Trinajstić information content (AvgIpc) is 2.58. The fraction of sp³-hybridized carbons (Fsp3) is 0.667. The first-order chi connectivity index (χ1) is 8.56. The molecule has 0 spiro atoms. The van der Waals surface area contributed by atoms with Crippen LogP contribution < -0.4 is 5.32 Å². The number of ether oxygens (including phenoxy) is 1. The molecule has 1 atom stereocenters. The highest BCUT2D eigenvalue weighted by molar-refractivity contribution is 5.76. The van der Waals surface area contributed by atoms with E-state index < -0.39 is 0 Å². The molecule has 0 bridgehead atoms. The van der Waals surface area contributed by atoms with Crippen LogP contribution in [0.15, 0.2) is 6.07 Å². The third-order valence-corrected chi connectivity index (χ3v) is 2.61. The summed E-state index contributed by atoms with van der Waals surface area (Å²) in [6, 6.07) is 1.76. The summed E-state index contributed by atoms with van der Waals surface area (Å²) in [4.78, 5) is 11.8. The van der Waals surface area contributed by atoms with Gasteiger partial charge in [0.15, 0.2) is 0 Å². The predicted octanol–water partition coefficient (Wildman–Crippen LogP) is 0.0135. The number of nitrogens with one attached hydrogen (secondary N) is 1. The van der Waals surface area contributed by atoms with Crippen molar-refractivity contribution in [2.24, 2.45) is 0 Å². The van der Waals surface area contributed by atoms with E-state index in [1.807, 2.05) is 19.9 Å². The first-order valence-corrected chi connectivity index (χ1v) is 5.97. The second-order valence-corrected chi connectivity index (χ2v) is 4.32. The number of aromatic nitrogens is 2. The molecule has 0 saturated carbocycles. The molecular formula is C12H21N3O3. The molecule has 2 N–H and O–H groups in total. The van der Waals surface area contributed by atoms with Gasteiger partial charge in [-0.15, -0.1) is 0 Å². The Hall–Kier alpha value is -1.40. The Morgan fingerprint density at radius 3 is 2.83 bits per heavy atom. The molecule has 0 aromatic carbocycles. The number of methoxy groups -OCH3 is 1. The van der Waals surface area contributed by atoms with E-state index in [1.165, 1.54) is 0 Å². The summed E-state index contributed by atoms with van der Waals surface area (Å²) in [5, 5.41) is 15.9. The quantitative estimate of drug-likeness (QED) is 0.720. The van der Waals surface area contributed by atoms with Gasteiger partial charge in [-0.1, -0.05) is 0 Å². The Kier molecular flexibility index (Phi) is 5.80. The maximum absolute atomic E-state index is 11.8. The van der Waals surface area contributed by atoms with Gasteiger partial charge in [-0.2, -0.15) is 5.10 Å². The van der Waals surface area contributed by atoms with Crippen molar-refractivity contribution in [3.63, 3.8) is 0 Å². The molecule has 1 amide bonds. The van der Waals surface area contributed by atoms with Crippen LogP contribution in [-0.2, 0) is 16.1 Å². The van der Waals surface area contributed by atoms with E-state index in [1.54, 1.807) is 11.8 Å². The number of aliphatic hydroxyl groups excluding tert-OH is 1. The first-order valence-electron chi connectivity index (χ1n) is 5.97. The third kappa shape index (κ3) is 4.46. The van der Waals surface area contributed by atoms with E-state index in [4.69, 9.17) is 9.84 Å². The van der Waals surface area contributed by atoms with E-state index >= 15 is 0 Å². The van der Waals surface area contributed by atoms with Gasteiger partial charge in [0.25, 0.3) is 0 Å². The third-order valence-electron chi connectivity index (χ3n) is 2.61. The first kappa shape index (κ1) is 14.7. The maximum atomic E-state index is 11.8. The standard InChI is InChI=1S/C12H21N3O3/c1-9-6-10(2)15(14-9)7-12(17)13-11(4-5-16)8-18-3/h6,11,16H,4-5,7-8H2,1-3H3,(H,13,17). The summed E-state index contributed by atoms with van der Waals surface area (Å²) >= 11 is 0. The van der Waals surface area contributed by atoms with Crippen LogP contribution in [0.5, 0.6) is 0 Å². The predicted molar refractivity (Wildman–Crippen MR) is 67.2 cm³/mol. The number of rotatable bonds is 7. The molecule has 0 aliphatic rings. The van der Waals surface area contributed by atoms with Gasteiger partial charge in [0, 0.05) is 19.4 Å². The lowest BCUT2D eigenvalue weighted by Crippen LogP contribution is -2.40. The van der Waals surface area contributed by atoms with Crippen LogP contribution >= 0.6 is 0 Å². The van der Waals surface area contributed by atoms with E-state index in [0.717, 1.165) is 11.4 Å². The van der Waals surface area contributed by atoms with Crippen LogP contribution in [0.4, 0.5) is 0 Å². The molecule has 1 rings (SSSR count). The van der Waals surface area contributed by atoms with Crippen molar-refractivity contribution in [1.82, 2.24) is 15.1 Å². The van der Waals surface area contributed by atoms with Crippen molar-refractivity contribution in [3.05, 3.63) is 17.5 Å². The highest BCUT2D eigenvalue weighted by atomic mass is 16.5. The van der Waals surface area contributed by atoms with Crippen molar-refractivity contribution in [1.29, 1.82) is 0 Å². The Morgan fingerprint density at radius 1 is 1.61 bits per heavy atom. The van der Waals surface area contributed by atoms with Crippen LogP contribution in [-0.4, -0.2) is 47.2 Å². The number of nitrogens with zero attached hydrogens (tertiary/aromatic N) is 2. The largest absolute Gasteiger partial charge is 0.396 e. The molecule has 1 aromatic heterocycles. The van der Waals surface area contributed by atoms with Crippen LogP contribution in [0.25, 0.3) is 0 Å². The highest BCUT2D eigenvalue weighted by Gasteiger charge is 2.13. The monoisotopic (exact) mass is 255 g/mol. The molecule has 1 unspecified atom stereocenters. The highest BCUT2D eigenvalue weighted by Crippen LogP contribution is 2.01. The fourth-order valence-corrected chi connectivity index (χ4v) is 1.80. The van der Waals surface area contributed by atoms with Gasteiger partial charge in [-0.25, -0.2) is 0 Å². The number of amides is 1. The smallest absolute Gasteiger partial charge is 0.242 e. The summed E-state index contributed by atoms with van der Waals surface area (Å²) in [6.45, 7) is 4.40. The van der Waals surface area contributed by atoms with Gasteiger partial charge >= 0.3 is 0 Å². The summed E-state index contributed by atoms with van der Waals surface area (Å²) in [7, 11) is 1.57. The molecule has 18 heavy (non-hydrogen) atoms. The lowest BCUT2D eigenvalue weighted by molar-refractivity contribution is -0.123. The minimum atomic E-state index is -0.163. The van der Waals surface area contributed by atoms with Gasteiger partial charge in [0.2, 0.25) is 5.91 Å². The molecule has 102 valence electrons. The number of carbonyl (C=O) groups is 1. The van der Waals surface area contributed by atoms with E-state index in [9.17, 15) is 4.79 Å². The minimum Gasteiger partial charge on any atom is -0.396 e.